The van der Waals surface area contributed by atoms with Gasteiger partial charge in [0, 0.05) is 16.7 Å². The van der Waals surface area contributed by atoms with Gasteiger partial charge >= 0.3 is 0 Å². The highest BCUT2D eigenvalue weighted by Crippen LogP contribution is 2.31. The predicted molar refractivity (Wildman–Crippen MR) is 70.2 cm³/mol. The molecule has 0 unspecified atom stereocenters. The molecular formula is C13H18N2S. The number of thiophene rings is 1. The molecule has 0 saturated carbocycles. The van der Waals surface area contributed by atoms with Crippen LogP contribution in [0.2, 0.25) is 0 Å². The number of hydrogen-bond acceptors (Lipinski definition) is 3. The molecule has 3 heteroatoms. The molecule has 0 aliphatic rings. The van der Waals surface area contributed by atoms with Crippen molar-refractivity contribution in [2.24, 2.45) is 0 Å². The van der Waals surface area contributed by atoms with Gasteiger partial charge in [0.05, 0.1) is 5.69 Å². The van der Waals surface area contributed by atoms with E-state index < -0.39 is 0 Å². The fourth-order valence-corrected chi connectivity index (χ4v) is 2.47. The van der Waals surface area contributed by atoms with Crippen molar-refractivity contribution in [2.75, 3.05) is 0 Å². The minimum absolute atomic E-state index is 0.0753. The Morgan fingerprint density at radius 2 is 1.88 bits per heavy atom. The Morgan fingerprint density at radius 3 is 2.44 bits per heavy atom. The van der Waals surface area contributed by atoms with Gasteiger partial charge in [-0.3, -0.25) is 0 Å². The Labute approximate surface area is 101 Å². The lowest BCUT2D eigenvalue weighted by atomic mass is 9.90. The summed E-state index contributed by atoms with van der Waals surface area (Å²) < 4.78 is 0. The molecule has 0 bridgehead atoms. The molecule has 0 amide bonds. The molecule has 0 atom stereocenters. The SMILES string of the molecule is CC(C)c1nc(C(C)(C)C)c2ccsc2n1. The maximum absolute atomic E-state index is 4.74. The molecule has 2 aromatic rings. The Bertz CT molecular complexity index is 506. The maximum atomic E-state index is 4.74. The molecule has 0 aromatic carbocycles. The van der Waals surface area contributed by atoms with E-state index in [9.17, 15) is 0 Å². The van der Waals surface area contributed by atoms with E-state index in [-0.39, 0.29) is 5.41 Å². The van der Waals surface area contributed by atoms with E-state index in [1.807, 2.05) is 0 Å². The van der Waals surface area contributed by atoms with Gasteiger partial charge in [-0.1, -0.05) is 34.6 Å². The van der Waals surface area contributed by atoms with Gasteiger partial charge in [-0.05, 0) is 11.4 Å². The molecular weight excluding hydrogens is 216 g/mol. The largest absolute Gasteiger partial charge is 0.236 e. The van der Waals surface area contributed by atoms with Gasteiger partial charge in [0.2, 0.25) is 0 Å². The standard InChI is InChI=1S/C13H18N2S/c1-8(2)11-14-10(13(3,4)5)9-6-7-16-12(9)15-11/h6-8H,1-5H3. The lowest BCUT2D eigenvalue weighted by molar-refractivity contribution is 0.566. The van der Waals surface area contributed by atoms with Gasteiger partial charge in [-0.25, -0.2) is 9.97 Å². The lowest BCUT2D eigenvalue weighted by Gasteiger charge is -2.20. The van der Waals surface area contributed by atoms with Crippen molar-refractivity contribution in [3.63, 3.8) is 0 Å². The van der Waals surface area contributed by atoms with Crippen molar-refractivity contribution in [1.29, 1.82) is 0 Å². The summed E-state index contributed by atoms with van der Waals surface area (Å²) in [6.45, 7) is 10.9. The molecule has 0 aliphatic carbocycles. The first-order chi connectivity index (χ1) is 7.39. The van der Waals surface area contributed by atoms with Crippen molar-refractivity contribution in [2.45, 2.75) is 46.0 Å². The summed E-state index contributed by atoms with van der Waals surface area (Å²) in [4.78, 5) is 10.5. The highest BCUT2D eigenvalue weighted by atomic mass is 32.1. The van der Waals surface area contributed by atoms with Crippen LogP contribution in [-0.4, -0.2) is 9.97 Å². The van der Waals surface area contributed by atoms with Gasteiger partial charge in [0.1, 0.15) is 10.7 Å². The topological polar surface area (TPSA) is 25.8 Å². The van der Waals surface area contributed by atoms with Gasteiger partial charge < -0.3 is 0 Å². The molecule has 0 N–H and O–H groups in total. The second-order valence-electron chi connectivity index (χ2n) is 5.47. The first kappa shape index (κ1) is 11.5. The Balaban J connectivity index is 2.74. The van der Waals surface area contributed by atoms with Crippen LogP contribution in [0.3, 0.4) is 0 Å². The zero-order chi connectivity index (χ0) is 11.9. The third kappa shape index (κ3) is 1.96. The van der Waals surface area contributed by atoms with Crippen LogP contribution in [0.5, 0.6) is 0 Å². The summed E-state index contributed by atoms with van der Waals surface area (Å²) >= 11 is 1.70. The highest BCUT2D eigenvalue weighted by molar-refractivity contribution is 7.16. The zero-order valence-electron chi connectivity index (χ0n) is 10.5. The Morgan fingerprint density at radius 1 is 1.19 bits per heavy atom. The van der Waals surface area contributed by atoms with Crippen molar-refractivity contribution < 1.29 is 0 Å². The first-order valence-corrected chi connectivity index (χ1v) is 6.53. The molecule has 0 radical (unpaired) electrons. The molecule has 2 rings (SSSR count). The third-order valence-corrected chi connectivity index (χ3v) is 3.38. The number of hydrogen-bond donors (Lipinski definition) is 0. The van der Waals surface area contributed by atoms with Crippen LogP contribution in [0, 0.1) is 0 Å². The molecule has 0 aliphatic heterocycles. The van der Waals surface area contributed by atoms with Crippen molar-refractivity contribution in [1.82, 2.24) is 9.97 Å². The van der Waals surface area contributed by atoms with Crippen LogP contribution < -0.4 is 0 Å². The molecule has 0 spiro atoms. The number of fused-ring (bicyclic) bond motifs is 1. The average molecular weight is 234 g/mol. The Kier molecular flexibility index (Phi) is 2.74. The van der Waals surface area contributed by atoms with Gasteiger partial charge in [0.25, 0.3) is 0 Å². The molecule has 2 aromatic heterocycles. The van der Waals surface area contributed by atoms with Crippen molar-refractivity contribution >= 4 is 21.6 Å². The van der Waals surface area contributed by atoms with Crippen LogP contribution in [-0.2, 0) is 5.41 Å². The summed E-state index contributed by atoms with van der Waals surface area (Å²) in [6, 6.07) is 2.13. The molecule has 0 saturated heterocycles. The third-order valence-electron chi connectivity index (χ3n) is 2.57. The van der Waals surface area contributed by atoms with Crippen LogP contribution in [0.4, 0.5) is 0 Å². The second-order valence-corrected chi connectivity index (χ2v) is 6.37. The van der Waals surface area contributed by atoms with Crippen LogP contribution in [0.25, 0.3) is 10.2 Å². The van der Waals surface area contributed by atoms with E-state index in [4.69, 9.17) is 4.98 Å². The van der Waals surface area contributed by atoms with E-state index in [1.165, 1.54) is 11.1 Å². The van der Waals surface area contributed by atoms with Gasteiger partial charge in [-0.2, -0.15) is 0 Å². The van der Waals surface area contributed by atoms with E-state index in [2.05, 4.69) is 51.0 Å². The normalized spacial score (nSPS) is 12.6. The van der Waals surface area contributed by atoms with Crippen molar-refractivity contribution in [3.05, 3.63) is 23.0 Å². The molecule has 2 heterocycles. The number of nitrogens with zero attached hydrogens (tertiary/aromatic N) is 2. The van der Waals surface area contributed by atoms with Crippen LogP contribution in [0.15, 0.2) is 11.4 Å². The van der Waals surface area contributed by atoms with Crippen molar-refractivity contribution in [3.8, 4) is 0 Å². The van der Waals surface area contributed by atoms with Gasteiger partial charge in [-0.15, -0.1) is 11.3 Å². The summed E-state index contributed by atoms with van der Waals surface area (Å²) in [5.74, 6) is 1.34. The molecule has 0 fully saturated rings. The van der Waals surface area contributed by atoms with Crippen LogP contribution in [0.1, 0.15) is 52.1 Å². The number of rotatable bonds is 1. The lowest BCUT2D eigenvalue weighted by Crippen LogP contribution is -2.16. The smallest absolute Gasteiger partial charge is 0.132 e. The second kappa shape index (κ2) is 3.81. The highest BCUT2D eigenvalue weighted by Gasteiger charge is 2.21. The summed E-state index contributed by atoms with van der Waals surface area (Å²) in [7, 11) is 0. The monoisotopic (exact) mass is 234 g/mol. The molecule has 16 heavy (non-hydrogen) atoms. The summed E-state index contributed by atoms with van der Waals surface area (Å²) in [6.07, 6.45) is 0. The fourth-order valence-electron chi connectivity index (χ4n) is 1.70. The Hall–Kier alpha value is -0.960. The van der Waals surface area contributed by atoms with E-state index in [0.717, 1.165) is 10.7 Å². The average Bonchev–Trinajstić information content (AvgIpc) is 2.61. The first-order valence-electron chi connectivity index (χ1n) is 5.65. The maximum Gasteiger partial charge on any atom is 0.132 e. The van der Waals surface area contributed by atoms with Gasteiger partial charge in [0.15, 0.2) is 0 Å². The van der Waals surface area contributed by atoms with E-state index >= 15 is 0 Å². The molecule has 86 valence electrons. The minimum atomic E-state index is 0.0753. The quantitative estimate of drug-likeness (QED) is 0.742. The van der Waals surface area contributed by atoms with Crippen LogP contribution >= 0.6 is 11.3 Å². The predicted octanol–water partition coefficient (Wildman–Crippen LogP) is 4.11. The van der Waals surface area contributed by atoms with E-state index in [1.54, 1.807) is 11.3 Å². The summed E-state index contributed by atoms with van der Waals surface area (Å²) in [5.41, 5.74) is 1.24. The fraction of sp³-hybridized carbons (Fsp3) is 0.538. The zero-order valence-corrected chi connectivity index (χ0v) is 11.4. The van der Waals surface area contributed by atoms with E-state index in [0.29, 0.717) is 5.92 Å². The minimum Gasteiger partial charge on any atom is -0.236 e. The number of aromatic nitrogens is 2. The summed E-state index contributed by atoms with van der Waals surface area (Å²) in [5, 5.41) is 3.31. The molecule has 2 nitrogen and oxygen atoms in total.